The van der Waals surface area contributed by atoms with Gasteiger partial charge in [0.15, 0.2) is 0 Å². The fraction of sp³-hybridized carbons (Fsp3) is 0.889. The highest BCUT2D eigenvalue weighted by atomic mass is 16.3. The molecule has 0 saturated heterocycles. The van der Waals surface area contributed by atoms with Gasteiger partial charge in [0.2, 0.25) is 5.91 Å². The van der Waals surface area contributed by atoms with Crippen molar-refractivity contribution in [2.45, 2.75) is 38.3 Å². The molecule has 0 bridgehead atoms. The first-order valence-corrected chi connectivity index (χ1v) is 4.70. The van der Waals surface area contributed by atoms with Crippen LogP contribution in [-0.4, -0.2) is 35.7 Å². The van der Waals surface area contributed by atoms with E-state index in [2.05, 4.69) is 10.6 Å². The first-order valence-electron chi connectivity index (χ1n) is 4.70. The molecule has 4 nitrogen and oxygen atoms in total. The maximum atomic E-state index is 11.1. The molecule has 1 amide bonds. The molecule has 76 valence electrons. The number of carbonyl (C=O) groups excluding carboxylic acids is 1. The highest BCUT2D eigenvalue weighted by Crippen LogP contribution is 2.17. The largest absolute Gasteiger partial charge is 0.389 e. The smallest absolute Gasteiger partial charge is 0.234 e. The summed E-state index contributed by atoms with van der Waals surface area (Å²) in [5.74, 6) is -0.0472. The first-order chi connectivity index (χ1) is 5.97. The number of carbonyl (C=O) groups is 1. The molecule has 1 aliphatic carbocycles. The normalized spacial score (nSPS) is 17.2. The summed E-state index contributed by atoms with van der Waals surface area (Å²) in [6.07, 6.45) is 2.36. The molecular formula is C9H18N2O2. The molecule has 0 atom stereocenters. The topological polar surface area (TPSA) is 61.4 Å². The predicted octanol–water partition coefficient (Wildman–Crippen LogP) is -0.374. The molecule has 0 spiro atoms. The summed E-state index contributed by atoms with van der Waals surface area (Å²) in [6.45, 7) is 4.00. The Bertz CT molecular complexity index is 183. The van der Waals surface area contributed by atoms with E-state index in [4.69, 9.17) is 0 Å². The van der Waals surface area contributed by atoms with E-state index in [1.165, 1.54) is 12.8 Å². The van der Waals surface area contributed by atoms with Crippen LogP contribution in [0.4, 0.5) is 0 Å². The highest BCUT2D eigenvalue weighted by Gasteiger charge is 2.21. The van der Waals surface area contributed by atoms with Gasteiger partial charge in [0.05, 0.1) is 12.1 Å². The standard InChI is InChI=1S/C9H18N2O2/c1-9(2,13)6-11-8(12)5-10-7-3-4-7/h7,10,13H,3-6H2,1-2H3,(H,11,12). The summed E-state index contributed by atoms with van der Waals surface area (Å²) >= 11 is 0. The van der Waals surface area contributed by atoms with Gasteiger partial charge in [-0.2, -0.15) is 0 Å². The molecular weight excluding hydrogens is 168 g/mol. The van der Waals surface area contributed by atoms with Crippen LogP contribution in [0.5, 0.6) is 0 Å². The maximum Gasteiger partial charge on any atom is 0.234 e. The van der Waals surface area contributed by atoms with Gasteiger partial charge in [-0.25, -0.2) is 0 Å². The van der Waals surface area contributed by atoms with E-state index < -0.39 is 5.60 Å². The van der Waals surface area contributed by atoms with Crippen LogP contribution >= 0.6 is 0 Å². The van der Waals surface area contributed by atoms with Gasteiger partial charge < -0.3 is 15.7 Å². The lowest BCUT2D eigenvalue weighted by Gasteiger charge is -2.17. The van der Waals surface area contributed by atoms with Crippen molar-refractivity contribution in [1.29, 1.82) is 0 Å². The van der Waals surface area contributed by atoms with Gasteiger partial charge in [-0.05, 0) is 26.7 Å². The average molecular weight is 186 g/mol. The van der Waals surface area contributed by atoms with E-state index in [0.717, 1.165) is 0 Å². The van der Waals surface area contributed by atoms with Crippen LogP contribution < -0.4 is 10.6 Å². The molecule has 1 aliphatic rings. The van der Waals surface area contributed by atoms with Crippen molar-refractivity contribution in [3.8, 4) is 0 Å². The highest BCUT2D eigenvalue weighted by molar-refractivity contribution is 5.78. The Balaban J connectivity index is 2.03. The molecule has 3 N–H and O–H groups in total. The zero-order chi connectivity index (χ0) is 9.90. The predicted molar refractivity (Wildman–Crippen MR) is 50.3 cm³/mol. The van der Waals surface area contributed by atoms with E-state index in [0.29, 0.717) is 19.1 Å². The van der Waals surface area contributed by atoms with Crippen LogP contribution in [0.15, 0.2) is 0 Å². The third-order valence-corrected chi connectivity index (χ3v) is 1.85. The fourth-order valence-electron chi connectivity index (χ4n) is 0.902. The quantitative estimate of drug-likeness (QED) is 0.549. The van der Waals surface area contributed by atoms with Crippen LogP contribution in [0, 0.1) is 0 Å². The van der Waals surface area contributed by atoms with Gasteiger partial charge in [0, 0.05) is 12.6 Å². The van der Waals surface area contributed by atoms with Crippen molar-refractivity contribution in [1.82, 2.24) is 10.6 Å². The SMILES string of the molecule is CC(C)(O)CNC(=O)CNC1CC1. The Morgan fingerprint density at radius 1 is 1.54 bits per heavy atom. The lowest BCUT2D eigenvalue weighted by atomic mass is 10.1. The Labute approximate surface area is 78.7 Å². The van der Waals surface area contributed by atoms with Crippen LogP contribution in [0.2, 0.25) is 0 Å². The first kappa shape index (κ1) is 10.5. The number of rotatable bonds is 5. The molecule has 0 heterocycles. The van der Waals surface area contributed by atoms with Crippen molar-refractivity contribution >= 4 is 5.91 Å². The van der Waals surface area contributed by atoms with Crippen molar-refractivity contribution in [2.75, 3.05) is 13.1 Å². The van der Waals surface area contributed by atoms with Crippen LogP contribution in [0.3, 0.4) is 0 Å². The van der Waals surface area contributed by atoms with Gasteiger partial charge in [-0.3, -0.25) is 4.79 Å². The fourth-order valence-corrected chi connectivity index (χ4v) is 0.902. The Morgan fingerprint density at radius 3 is 2.62 bits per heavy atom. The van der Waals surface area contributed by atoms with Gasteiger partial charge >= 0.3 is 0 Å². The van der Waals surface area contributed by atoms with Gasteiger partial charge in [-0.1, -0.05) is 0 Å². The molecule has 0 unspecified atom stereocenters. The molecule has 4 heteroatoms. The molecule has 0 aromatic carbocycles. The second-order valence-electron chi connectivity index (χ2n) is 4.24. The minimum absolute atomic E-state index is 0.0472. The number of amides is 1. The van der Waals surface area contributed by atoms with E-state index in [-0.39, 0.29) is 5.91 Å². The third-order valence-electron chi connectivity index (χ3n) is 1.85. The molecule has 1 fully saturated rings. The third kappa shape index (κ3) is 5.60. The summed E-state index contributed by atoms with van der Waals surface area (Å²) in [7, 11) is 0. The lowest BCUT2D eigenvalue weighted by Crippen LogP contribution is -2.42. The Kier molecular flexibility index (Phi) is 3.27. The molecule has 0 aromatic rings. The van der Waals surface area contributed by atoms with Gasteiger partial charge in [-0.15, -0.1) is 0 Å². The minimum atomic E-state index is -0.824. The average Bonchev–Trinajstić information content (AvgIpc) is 2.78. The van der Waals surface area contributed by atoms with E-state index in [9.17, 15) is 9.90 Å². The number of nitrogens with one attached hydrogen (secondary N) is 2. The van der Waals surface area contributed by atoms with E-state index in [1.54, 1.807) is 13.8 Å². The van der Waals surface area contributed by atoms with Crippen molar-refractivity contribution in [2.24, 2.45) is 0 Å². The van der Waals surface area contributed by atoms with Crippen molar-refractivity contribution in [3.63, 3.8) is 0 Å². The Hall–Kier alpha value is -0.610. The summed E-state index contributed by atoms with van der Waals surface area (Å²) in [6, 6.07) is 0.549. The molecule has 0 aliphatic heterocycles. The second kappa shape index (κ2) is 4.07. The summed E-state index contributed by atoms with van der Waals surface area (Å²) in [4.78, 5) is 11.1. The monoisotopic (exact) mass is 186 g/mol. The van der Waals surface area contributed by atoms with Crippen LogP contribution in [0.1, 0.15) is 26.7 Å². The van der Waals surface area contributed by atoms with E-state index in [1.807, 2.05) is 0 Å². The van der Waals surface area contributed by atoms with Crippen LogP contribution in [0.25, 0.3) is 0 Å². The molecule has 0 radical (unpaired) electrons. The zero-order valence-corrected chi connectivity index (χ0v) is 8.26. The summed E-state index contributed by atoms with van der Waals surface area (Å²) < 4.78 is 0. The van der Waals surface area contributed by atoms with Crippen molar-refractivity contribution in [3.05, 3.63) is 0 Å². The maximum absolute atomic E-state index is 11.1. The Morgan fingerprint density at radius 2 is 2.15 bits per heavy atom. The molecule has 13 heavy (non-hydrogen) atoms. The number of hydrogen-bond acceptors (Lipinski definition) is 3. The molecule has 1 saturated carbocycles. The number of hydrogen-bond donors (Lipinski definition) is 3. The zero-order valence-electron chi connectivity index (χ0n) is 8.26. The summed E-state index contributed by atoms with van der Waals surface area (Å²) in [5.41, 5.74) is -0.824. The van der Waals surface area contributed by atoms with Gasteiger partial charge in [0.25, 0.3) is 0 Å². The van der Waals surface area contributed by atoms with Crippen LogP contribution in [-0.2, 0) is 4.79 Å². The lowest BCUT2D eigenvalue weighted by molar-refractivity contribution is -0.121. The molecule has 0 aromatic heterocycles. The molecule has 1 rings (SSSR count). The van der Waals surface area contributed by atoms with E-state index >= 15 is 0 Å². The van der Waals surface area contributed by atoms with Crippen molar-refractivity contribution < 1.29 is 9.90 Å². The summed E-state index contributed by atoms with van der Waals surface area (Å²) in [5, 5.41) is 15.1. The number of aliphatic hydroxyl groups is 1. The minimum Gasteiger partial charge on any atom is -0.389 e. The second-order valence-corrected chi connectivity index (χ2v) is 4.24. The van der Waals surface area contributed by atoms with Gasteiger partial charge in [0.1, 0.15) is 0 Å².